The second-order valence-electron chi connectivity index (χ2n) is 4.83. The first kappa shape index (κ1) is 11.9. The van der Waals surface area contributed by atoms with E-state index in [-0.39, 0.29) is 5.91 Å². The lowest BCUT2D eigenvalue weighted by atomic mass is 9.96. The Balaban J connectivity index is 1.62. The number of carbonyl (C=O) groups excluding carboxylic acids is 1. The van der Waals surface area contributed by atoms with Gasteiger partial charge in [-0.1, -0.05) is 0 Å². The zero-order valence-electron chi connectivity index (χ0n) is 10.8. The molecule has 0 atom stereocenters. The average Bonchev–Trinajstić information content (AvgIpc) is 3.09. The molecule has 1 aliphatic rings. The van der Waals surface area contributed by atoms with Gasteiger partial charge in [-0.25, -0.2) is 4.98 Å². The second-order valence-corrected chi connectivity index (χ2v) is 4.83. The quantitative estimate of drug-likeness (QED) is 0.837. The third-order valence-corrected chi connectivity index (χ3v) is 3.51. The van der Waals surface area contributed by atoms with Crippen molar-refractivity contribution < 1.29 is 4.79 Å². The molecule has 3 heterocycles. The molecule has 100 valence electrons. The maximum Gasteiger partial charge on any atom is 0.257 e. The van der Waals surface area contributed by atoms with Crippen LogP contribution in [0.15, 0.2) is 12.4 Å². The van der Waals surface area contributed by atoms with Crippen molar-refractivity contribution in [3.05, 3.63) is 29.6 Å². The zero-order valence-corrected chi connectivity index (χ0v) is 10.8. The van der Waals surface area contributed by atoms with Gasteiger partial charge >= 0.3 is 0 Å². The molecule has 1 fully saturated rings. The standard InChI is InChI=1S/C12H16N6O/c1-8-15-11(17-16-8)9-2-4-18(5-3-9)12(19)10-6-13-14-7-10/h6-7,9H,2-5H2,1H3,(H,13,14)(H,15,16,17). The first-order valence-corrected chi connectivity index (χ1v) is 6.41. The number of likely N-dealkylation sites (tertiary alicyclic amines) is 1. The fourth-order valence-corrected chi connectivity index (χ4v) is 2.43. The van der Waals surface area contributed by atoms with Crippen LogP contribution in [-0.2, 0) is 0 Å². The SMILES string of the molecule is Cc1nc(C2CCN(C(=O)c3cn[nH]c3)CC2)n[nH]1. The molecule has 1 aliphatic heterocycles. The Morgan fingerprint density at radius 2 is 2.21 bits per heavy atom. The summed E-state index contributed by atoms with van der Waals surface area (Å²) < 4.78 is 0. The summed E-state index contributed by atoms with van der Waals surface area (Å²) in [5.41, 5.74) is 0.618. The van der Waals surface area contributed by atoms with Gasteiger partial charge in [0, 0.05) is 25.2 Å². The van der Waals surface area contributed by atoms with Gasteiger partial charge in [-0.2, -0.15) is 10.2 Å². The number of rotatable bonds is 2. The molecule has 2 aromatic heterocycles. The summed E-state index contributed by atoms with van der Waals surface area (Å²) in [6.07, 6.45) is 5.00. The van der Waals surface area contributed by atoms with Crippen LogP contribution in [-0.4, -0.2) is 49.3 Å². The molecule has 1 amide bonds. The fourth-order valence-electron chi connectivity index (χ4n) is 2.43. The molecular formula is C12H16N6O. The van der Waals surface area contributed by atoms with E-state index in [4.69, 9.17) is 0 Å². The van der Waals surface area contributed by atoms with E-state index in [0.29, 0.717) is 11.5 Å². The topological polar surface area (TPSA) is 90.6 Å². The van der Waals surface area contributed by atoms with Crippen LogP contribution in [0.1, 0.15) is 40.8 Å². The number of hydrogen-bond donors (Lipinski definition) is 2. The van der Waals surface area contributed by atoms with Crippen LogP contribution in [0.3, 0.4) is 0 Å². The van der Waals surface area contributed by atoms with Gasteiger partial charge in [0.15, 0.2) is 5.82 Å². The number of aromatic nitrogens is 5. The summed E-state index contributed by atoms with van der Waals surface area (Å²) in [5.74, 6) is 2.09. The maximum atomic E-state index is 12.1. The van der Waals surface area contributed by atoms with E-state index in [9.17, 15) is 4.79 Å². The van der Waals surface area contributed by atoms with Crippen LogP contribution in [0.4, 0.5) is 0 Å². The molecule has 0 unspecified atom stereocenters. The fraction of sp³-hybridized carbons (Fsp3) is 0.500. The highest BCUT2D eigenvalue weighted by Gasteiger charge is 2.26. The average molecular weight is 260 g/mol. The van der Waals surface area contributed by atoms with Crippen molar-refractivity contribution >= 4 is 5.91 Å². The summed E-state index contributed by atoms with van der Waals surface area (Å²) in [6, 6.07) is 0. The van der Waals surface area contributed by atoms with Crippen molar-refractivity contribution in [3.8, 4) is 0 Å². The monoisotopic (exact) mass is 260 g/mol. The van der Waals surface area contributed by atoms with E-state index in [2.05, 4.69) is 25.4 Å². The number of aromatic amines is 2. The lowest BCUT2D eigenvalue weighted by Crippen LogP contribution is -2.38. The molecule has 7 heteroatoms. The number of aryl methyl sites for hydroxylation is 1. The van der Waals surface area contributed by atoms with Crippen LogP contribution in [0.25, 0.3) is 0 Å². The lowest BCUT2D eigenvalue weighted by molar-refractivity contribution is 0.0711. The minimum atomic E-state index is 0.0402. The van der Waals surface area contributed by atoms with Crippen molar-refractivity contribution in [3.63, 3.8) is 0 Å². The van der Waals surface area contributed by atoms with Crippen molar-refractivity contribution in [1.82, 2.24) is 30.3 Å². The minimum absolute atomic E-state index is 0.0402. The molecule has 7 nitrogen and oxygen atoms in total. The lowest BCUT2D eigenvalue weighted by Gasteiger charge is -2.30. The Morgan fingerprint density at radius 1 is 1.42 bits per heavy atom. The van der Waals surface area contributed by atoms with Crippen molar-refractivity contribution in [1.29, 1.82) is 0 Å². The van der Waals surface area contributed by atoms with Gasteiger partial charge in [-0.15, -0.1) is 0 Å². The zero-order chi connectivity index (χ0) is 13.2. The highest BCUT2D eigenvalue weighted by Crippen LogP contribution is 2.26. The third kappa shape index (κ3) is 2.35. The van der Waals surface area contributed by atoms with Crippen molar-refractivity contribution in [2.75, 3.05) is 13.1 Å². The molecule has 0 aliphatic carbocycles. The molecule has 2 aromatic rings. The van der Waals surface area contributed by atoms with Crippen molar-refractivity contribution in [2.24, 2.45) is 0 Å². The van der Waals surface area contributed by atoms with E-state index in [1.165, 1.54) is 0 Å². The third-order valence-electron chi connectivity index (χ3n) is 3.51. The number of H-pyrrole nitrogens is 2. The van der Waals surface area contributed by atoms with Gasteiger partial charge in [0.25, 0.3) is 5.91 Å². The first-order chi connectivity index (χ1) is 9.24. The molecule has 19 heavy (non-hydrogen) atoms. The van der Waals surface area contributed by atoms with Gasteiger partial charge in [-0.3, -0.25) is 15.0 Å². The van der Waals surface area contributed by atoms with E-state index < -0.39 is 0 Å². The predicted octanol–water partition coefficient (Wildman–Crippen LogP) is 0.856. The summed E-state index contributed by atoms with van der Waals surface area (Å²) in [7, 11) is 0. The van der Waals surface area contributed by atoms with Gasteiger partial charge in [0.05, 0.1) is 11.8 Å². The van der Waals surface area contributed by atoms with Crippen LogP contribution in [0.2, 0.25) is 0 Å². The highest BCUT2D eigenvalue weighted by molar-refractivity contribution is 5.93. The summed E-state index contributed by atoms with van der Waals surface area (Å²) in [6.45, 7) is 3.37. The molecular weight excluding hydrogens is 244 g/mol. The number of hydrogen-bond acceptors (Lipinski definition) is 4. The summed E-state index contributed by atoms with van der Waals surface area (Å²) in [4.78, 5) is 18.4. The molecule has 1 saturated heterocycles. The first-order valence-electron chi connectivity index (χ1n) is 6.41. The van der Waals surface area contributed by atoms with Gasteiger partial charge in [-0.05, 0) is 19.8 Å². The molecule has 0 aromatic carbocycles. The number of carbonyl (C=O) groups is 1. The van der Waals surface area contributed by atoms with Crippen LogP contribution < -0.4 is 0 Å². The van der Waals surface area contributed by atoms with Crippen LogP contribution in [0.5, 0.6) is 0 Å². The highest BCUT2D eigenvalue weighted by atomic mass is 16.2. The second kappa shape index (κ2) is 4.83. The summed E-state index contributed by atoms with van der Waals surface area (Å²) in [5, 5.41) is 13.5. The number of amides is 1. The normalized spacial score (nSPS) is 16.8. The van der Waals surface area contributed by atoms with Gasteiger partial charge in [0.2, 0.25) is 0 Å². The molecule has 0 radical (unpaired) electrons. The van der Waals surface area contributed by atoms with E-state index in [1.54, 1.807) is 12.4 Å². The number of nitrogens with zero attached hydrogens (tertiary/aromatic N) is 4. The van der Waals surface area contributed by atoms with Crippen LogP contribution >= 0.6 is 0 Å². The number of piperidine rings is 1. The number of nitrogens with one attached hydrogen (secondary N) is 2. The van der Waals surface area contributed by atoms with E-state index in [0.717, 1.165) is 37.6 Å². The minimum Gasteiger partial charge on any atom is -0.339 e. The van der Waals surface area contributed by atoms with Crippen LogP contribution in [0, 0.1) is 6.92 Å². The maximum absolute atomic E-state index is 12.1. The predicted molar refractivity (Wildman–Crippen MR) is 67.6 cm³/mol. The molecule has 0 spiro atoms. The Kier molecular flexibility index (Phi) is 3.02. The Bertz CT molecular complexity index is 553. The Morgan fingerprint density at radius 3 is 2.79 bits per heavy atom. The molecule has 3 rings (SSSR count). The van der Waals surface area contributed by atoms with Gasteiger partial charge in [0.1, 0.15) is 5.82 Å². The van der Waals surface area contributed by atoms with E-state index in [1.807, 2.05) is 11.8 Å². The van der Waals surface area contributed by atoms with E-state index >= 15 is 0 Å². The van der Waals surface area contributed by atoms with Crippen molar-refractivity contribution in [2.45, 2.75) is 25.7 Å². The summed E-state index contributed by atoms with van der Waals surface area (Å²) >= 11 is 0. The van der Waals surface area contributed by atoms with Gasteiger partial charge < -0.3 is 4.90 Å². The Labute approximate surface area is 110 Å². The molecule has 0 bridgehead atoms. The largest absolute Gasteiger partial charge is 0.339 e. The smallest absolute Gasteiger partial charge is 0.257 e. The molecule has 2 N–H and O–H groups in total. The molecule has 0 saturated carbocycles. The Hall–Kier alpha value is -2.18.